The van der Waals surface area contributed by atoms with E-state index in [-0.39, 0.29) is 0 Å². The van der Waals surface area contributed by atoms with Crippen molar-refractivity contribution >= 4 is 32.5 Å². The predicted octanol–water partition coefficient (Wildman–Crippen LogP) is 4.16. The van der Waals surface area contributed by atoms with E-state index in [1.807, 2.05) is 48.5 Å². The van der Waals surface area contributed by atoms with Gasteiger partial charge in [-0.05, 0) is 42.0 Å². The summed E-state index contributed by atoms with van der Waals surface area (Å²) in [6.07, 6.45) is 1.78. The van der Waals surface area contributed by atoms with Gasteiger partial charge in [-0.2, -0.15) is 0 Å². The van der Waals surface area contributed by atoms with Crippen molar-refractivity contribution in [2.45, 2.75) is 6.61 Å². The zero-order valence-corrected chi connectivity index (χ0v) is 12.3. The standard InChI is InChI=1S/C16H13BrN2O/c17-13-6-11(7-14(18)8-13)10-20-15-4-3-12-2-1-5-19-16(12)9-15/h1-9H,10,18H2. The first-order chi connectivity index (χ1) is 9.70. The molecule has 3 rings (SSSR count). The van der Waals surface area contributed by atoms with Gasteiger partial charge in [0.25, 0.3) is 0 Å². The smallest absolute Gasteiger partial charge is 0.122 e. The van der Waals surface area contributed by atoms with E-state index >= 15 is 0 Å². The predicted molar refractivity (Wildman–Crippen MR) is 84.6 cm³/mol. The van der Waals surface area contributed by atoms with Crippen molar-refractivity contribution in [2.75, 3.05) is 5.73 Å². The number of rotatable bonds is 3. The average Bonchev–Trinajstić information content (AvgIpc) is 2.44. The summed E-state index contributed by atoms with van der Waals surface area (Å²) in [4.78, 5) is 4.32. The lowest BCUT2D eigenvalue weighted by Gasteiger charge is -2.08. The first kappa shape index (κ1) is 12.9. The third-order valence-corrected chi connectivity index (χ3v) is 3.42. The van der Waals surface area contributed by atoms with E-state index in [4.69, 9.17) is 10.5 Å². The average molecular weight is 329 g/mol. The molecule has 4 heteroatoms. The van der Waals surface area contributed by atoms with E-state index in [1.165, 1.54) is 0 Å². The minimum atomic E-state index is 0.474. The number of fused-ring (bicyclic) bond motifs is 1. The van der Waals surface area contributed by atoms with Crippen molar-refractivity contribution in [3.8, 4) is 5.75 Å². The molecule has 0 saturated heterocycles. The second-order valence-corrected chi connectivity index (χ2v) is 5.46. The number of benzene rings is 2. The van der Waals surface area contributed by atoms with Gasteiger partial charge in [0.2, 0.25) is 0 Å². The van der Waals surface area contributed by atoms with Gasteiger partial charge < -0.3 is 10.5 Å². The summed E-state index contributed by atoms with van der Waals surface area (Å²) in [7, 11) is 0. The third kappa shape index (κ3) is 2.91. The van der Waals surface area contributed by atoms with Crippen LogP contribution in [0.1, 0.15) is 5.56 Å². The summed E-state index contributed by atoms with van der Waals surface area (Å²) in [5.74, 6) is 0.801. The Bertz CT molecular complexity index is 738. The second-order valence-electron chi connectivity index (χ2n) is 4.54. The Labute approximate surface area is 125 Å². The second kappa shape index (κ2) is 5.51. The van der Waals surface area contributed by atoms with Crippen molar-refractivity contribution in [2.24, 2.45) is 0 Å². The van der Waals surface area contributed by atoms with E-state index < -0.39 is 0 Å². The zero-order chi connectivity index (χ0) is 13.9. The van der Waals surface area contributed by atoms with Crippen molar-refractivity contribution in [3.05, 3.63) is 64.8 Å². The molecule has 1 heterocycles. The molecular weight excluding hydrogens is 316 g/mol. The molecule has 20 heavy (non-hydrogen) atoms. The molecule has 0 aliphatic carbocycles. The number of nitrogens with zero attached hydrogens (tertiary/aromatic N) is 1. The Morgan fingerprint density at radius 3 is 2.85 bits per heavy atom. The highest BCUT2D eigenvalue weighted by atomic mass is 79.9. The van der Waals surface area contributed by atoms with Crippen LogP contribution in [0.25, 0.3) is 10.9 Å². The number of nitrogen functional groups attached to an aromatic ring is 1. The number of ether oxygens (including phenoxy) is 1. The highest BCUT2D eigenvalue weighted by Crippen LogP contribution is 2.22. The van der Waals surface area contributed by atoms with Gasteiger partial charge in [0.15, 0.2) is 0 Å². The lowest BCUT2D eigenvalue weighted by molar-refractivity contribution is 0.306. The largest absolute Gasteiger partial charge is 0.489 e. The molecule has 0 amide bonds. The molecule has 0 atom stereocenters. The van der Waals surface area contributed by atoms with Crippen LogP contribution in [0.5, 0.6) is 5.75 Å². The van der Waals surface area contributed by atoms with Gasteiger partial charge in [0.1, 0.15) is 12.4 Å². The molecule has 0 aliphatic rings. The lowest BCUT2D eigenvalue weighted by Crippen LogP contribution is -1.97. The number of halogens is 1. The number of hydrogen-bond acceptors (Lipinski definition) is 3. The van der Waals surface area contributed by atoms with E-state index in [0.29, 0.717) is 6.61 Å². The maximum atomic E-state index is 5.81. The first-order valence-electron chi connectivity index (χ1n) is 6.23. The van der Waals surface area contributed by atoms with Gasteiger partial charge in [-0.1, -0.05) is 22.0 Å². The fourth-order valence-corrected chi connectivity index (χ4v) is 2.62. The number of anilines is 1. The highest BCUT2D eigenvalue weighted by molar-refractivity contribution is 9.10. The van der Waals surface area contributed by atoms with Crippen molar-refractivity contribution in [1.82, 2.24) is 4.98 Å². The molecule has 2 N–H and O–H groups in total. The molecule has 0 fully saturated rings. The summed E-state index contributed by atoms with van der Waals surface area (Å²) in [6.45, 7) is 0.474. The van der Waals surface area contributed by atoms with Crippen LogP contribution >= 0.6 is 15.9 Å². The van der Waals surface area contributed by atoms with Crippen molar-refractivity contribution in [1.29, 1.82) is 0 Å². The molecule has 0 saturated carbocycles. The quantitative estimate of drug-likeness (QED) is 0.734. The fourth-order valence-electron chi connectivity index (χ4n) is 2.06. The van der Waals surface area contributed by atoms with Crippen LogP contribution in [0, 0.1) is 0 Å². The van der Waals surface area contributed by atoms with Crippen LogP contribution in [0.2, 0.25) is 0 Å². The van der Waals surface area contributed by atoms with Gasteiger partial charge in [0.05, 0.1) is 5.52 Å². The molecule has 3 nitrogen and oxygen atoms in total. The summed E-state index contributed by atoms with van der Waals surface area (Å²) in [5.41, 5.74) is 8.48. The van der Waals surface area contributed by atoms with Crippen LogP contribution in [0.4, 0.5) is 5.69 Å². The number of hydrogen-bond donors (Lipinski definition) is 1. The van der Waals surface area contributed by atoms with Crippen LogP contribution in [0.3, 0.4) is 0 Å². The topological polar surface area (TPSA) is 48.1 Å². The number of nitrogens with two attached hydrogens (primary N) is 1. The summed E-state index contributed by atoms with van der Waals surface area (Å²) in [6, 6.07) is 15.6. The molecule has 3 aromatic rings. The van der Waals surface area contributed by atoms with Gasteiger partial charge in [-0.15, -0.1) is 0 Å². The lowest BCUT2D eigenvalue weighted by atomic mass is 10.2. The Hall–Kier alpha value is -2.07. The molecule has 100 valence electrons. The fraction of sp³-hybridized carbons (Fsp3) is 0.0625. The van der Waals surface area contributed by atoms with E-state index in [2.05, 4.69) is 20.9 Å². The molecule has 0 radical (unpaired) electrons. The number of aromatic nitrogens is 1. The Kier molecular flexibility index (Phi) is 3.56. The van der Waals surface area contributed by atoms with Crippen LogP contribution in [-0.4, -0.2) is 4.98 Å². The monoisotopic (exact) mass is 328 g/mol. The molecule has 1 aromatic heterocycles. The summed E-state index contributed by atoms with van der Waals surface area (Å²) < 4.78 is 6.75. The maximum absolute atomic E-state index is 5.81. The van der Waals surface area contributed by atoms with Crippen LogP contribution < -0.4 is 10.5 Å². The molecule has 0 unspecified atom stereocenters. The molecule has 0 aliphatic heterocycles. The highest BCUT2D eigenvalue weighted by Gasteiger charge is 2.01. The minimum absolute atomic E-state index is 0.474. The van der Waals surface area contributed by atoms with Gasteiger partial charge >= 0.3 is 0 Å². The van der Waals surface area contributed by atoms with Gasteiger partial charge in [-0.25, -0.2) is 0 Å². The van der Waals surface area contributed by atoms with Crippen LogP contribution in [-0.2, 0) is 6.61 Å². The normalized spacial score (nSPS) is 10.7. The summed E-state index contributed by atoms with van der Waals surface area (Å²) in [5, 5.41) is 1.10. The van der Waals surface area contributed by atoms with E-state index in [9.17, 15) is 0 Å². The Morgan fingerprint density at radius 1 is 1.10 bits per heavy atom. The SMILES string of the molecule is Nc1cc(Br)cc(COc2ccc3cccnc3c2)c1. The molecule has 2 aromatic carbocycles. The van der Waals surface area contributed by atoms with Crippen molar-refractivity contribution in [3.63, 3.8) is 0 Å². The van der Waals surface area contributed by atoms with Crippen molar-refractivity contribution < 1.29 is 4.74 Å². The Morgan fingerprint density at radius 2 is 2.00 bits per heavy atom. The minimum Gasteiger partial charge on any atom is -0.489 e. The van der Waals surface area contributed by atoms with Gasteiger partial charge in [-0.3, -0.25) is 4.98 Å². The molecular formula is C16H13BrN2O. The van der Waals surface area contributed by atoms with E-state index in [0.717, 1.165) is 32.4 Å². The van der Waals surface area contributed by atoms with Crippen LogP contribution in [0.15, 0.2) is 59.2 Å². The molecule has 0 bridgehead atoms. The third-order valence-electron chi connectivity index (χ3n) is 2.96. The summed E-state index contributed by atoms with van der Waals surface area (Å²) >= 11 is 3.43. The molecule has 0 spiro atoms. The first-order valence-corrected chi connectivity index (χ1v) is 7.02. The zero-order valence-electron chi connectivity index (χ0n) is 10.7. The maximum Gasteiger partial charge on any atom is 0.122 e. The van der Waals surface area contributed by atoms with E-state index in [1.54, 1.807) is 6.20 Å². The Balaban J connectivity index is 1.79. The van der Waals surface area contributed by atoms with Gasteiger partial charge in [0, 0.05) is 27.8 Å². The number of pyridine rings is 1.